The number of amides is 2. The van der Waals surface area contributed by atoms with Crippen molar-refractivity contribution in [2.75, 3.05) is 20.8 Å². The average Bonchev–Trinajstić information content (AvgIpc) is 2.91. The summed E-state index contributed by atoms with van der Waals surface area (Å²) in [7, 11) is 3.15. The molecule has 6 nitrogen and oxygen atoms in total. The van der Waals surface area contributed by atoms with Crippen LogP contribution in [0.15, 0.2) is 24.3 Å². The Morgan fingerprint density at radius 2 is 1.76 bits per heavy atom. The Morgan fingerprint density at radius 1 is 1.08 bits per heavy atom. The molecule has 1 unspecified atom stereocenters. The third kappa shape index (κ3) is 5.74. The summed E-state index contributed by atoms with van der Waals surface area (Å²) in [6.45, 7) is 0.202. The van der Waals surface area contributed by atoms with Crippen LogP contribution in [0.5, 0.6) is 5.75 Å². The van der Waals surface area contributed by atoms with Gasteiger partial charge in [0.05, 0.1) is 7.11 Å². The van der Waals surface area contributed by atoms with E-state index >= 15 is 0 Å². The van der Waals surface area contributed by atoms with Crippen LogP contribution >= 0.6 is 0 Å². The van der Waals surface area contributed by atoms with Gasteiger partial charge in [0.15, 0.2) is 0 Å². The summed E-state index contributed by atoms with van der Waals surface area (Å²) in [6, 6.07) is 7.57. The highest BCUT2D eigenvalue weighted by molar-refractivity contribution is 6.35. The zero-order valence-electron chi connectivity index (χ0n) is 15.0. The van der Waals surface area contributed by atoms with Crippen LogP contribution < -0.4 is 15.4 Å². The quantitative estimate of drug-likeness (QED) is 0.611. The van der Waals surface area contributed by atoms with Crippen LogP contribution in [0.4, 0.5) is 0 Å². The number of nitrogens with one attached hydrogen (secondary N) is 2. The van der Waals surface area contributed by atoms with E-state index in [1.165, 1.54) is 12.8 Å². The van der Waals surface area contributed by atoms with Crippen LogP contribution in [0.1, 0.15) is 50.2 Å². The molecule has 1 fully saturated rings. The van der Waals surface area contributed by atoms with Crippen molar-refractivity contribution < 1.29 is 19.1 Å². The molecule has 138 valence electrons. The largest absolute Gasteiger partial charge is 0.496 e. The summed E-state index contributed by atoms with van der Waals surface area (Å²) in [6.07, 6.45) is 6.12. The molecule has 1 aliphatic rings. The van der Waals surface area contributed by atoms with Gasteiger partial charge in [-0.3, -0.25) is 9.59 Å². The van der Waals surface area contributed by atoms with Crippen LogP contribution in [0, 0.1) is 0 Å². The van der Waals surface area contributed by atoms with Gasteiger partial charge in [0.25, 0.3) is 0 Å². The topological polar surface area (TPSA) is 76.7 Å². The van der Waals surface area contributed by atoms with E-state index in [-0.39, 0.29) is 18.7 Å². The molecule has 2 rings (SSSR count). The van der Waals surface area contributed by atoms with Gasteiger partial charge in [-0.2, -0.15) is 0 Å². The molecule has 0 saturated heterocycles. The SMILES string of the molecule is COc1ccccc1C(CNC(=O)C(=O)NC1CCCCCC1)OC. The minimum Gasteiger partial charge on any atom is -0.496 e. The second kappa shape index (κ2) is 10.0. The maximum Gasteiger partial charge on any atom is 0.309 e. The molecule has 1 atom stereocenters. The Kier molecular flexibility index (Phi) is 7.73. The number of hydrogen-bond donors (Lipinski definition) is 2. The fraction of sp³-hybridized carbons (Fsp3) is 0.579. The Hall–Kier alpha value is -2.08. The van der Waals surface area contributed by atoms with Crippen LogP contribution in [-0.2, 0) is 14.3 Å². The second-order valence-corrected chi connectivity index (χ2v) is 6.34. The zero-order chi connectivity index (χ0) is 18.1. The van der Waals surface area contributed by atoms with Gasteiger partial charge in [-0.15, -0.1) is 0 Å². The lowest BCUT2D eigenvalue weighted by Gasteiger charge is -2.20. The number of rotatable bonds is 6. The van der Waals surface area contributed by atoms with E-state index in [9.17, 15) is 9.59 Å². The van der Waals surface area contributed by atoms with Crippen LogP contribution in [-0.4, -0.2) is 38.6 Å². The Bertz CT molecular complexity index is 568. The lowest BCUT2D eigenvalue weighted by atomic mass is 10.1. The standard InChI is InChI=1S/C19H28N2O4/c1-24-16-12-8-7-11-15(16)17(25-2)13-20-18(22)19(23)21-14-9-5-3-4-6-10-14/h7-8,11-12,14,17H,3-6,9-10,13H2,1-2H3,(H,20,22)(H,21,23). The molecule has 0 bridgehead atoms. The monoisotopic (exact) mass is 348 g/mol. The van der Waals surface area contributed by atoms with E-state index in [0.717, 1.165) is 31.2 Å². The Labute approximate surface area is 149 Å². The van der Waals surface area contributed by atoms with Crippen molar-refractivity contribution in [1.29, 1.82) is 0 Å². The lowest BCUT2D eigenvalue weighted by Crippen LogP contribution is -2.45. The minimum atomic E-state index is -0.624. The molecular weight excluding hydrogens is 320 g/mol. The summed E-state index contributed by atoms with van der Waals surface area (Å²) in [5.41, 5.74) is 0.831. The fourth-order valence-electron chi connectivity index (χ4n) is 3.19. The maximum absolute atomic E-state index is 12.1. The van der Waals surface area contributed by atoms with Gasteiger partial charge in [-0.05, 0) is 18.9 Å². The van der Waals surface area contributed by atoms with Gasteiger partial charge in [-0.25, -0.2) is 0 Å². The molecule has 25 heavy (non-hydrogen) atoms. The third-order valence-corrected chi connectivity index (χ3v) is 4.61. The van der Waals surface area contributed by atoms with E-state index in [2.05, 4.69) is 10.6 Å². The molecule has 0 spiro atoms. The van der Waals surface area contributed by atoms with Gasteiger partial charge in [0.2, 0.25) is 0 Å². The van der Waals surface area contributed by atoms with Crippen molar-refractivity contribution in [2.24, 2.45) is 0 Å². The molecule has 1 saturated carbocycles. The molecule has 2 amide bonds. The number of methoxy groups -OCH3 is 2. The average molecular weight is 348 g/mol. The number of hydrogen-bond acceptors (Lipinski definition) is 4. The Morgan fingerprint density at radius 3 is 2.40 bits per heavy atom. The van der Waals surface area contributed by atoms with Crippen molar-refractivity contribution in [3.05, 3.63) is 29.8 Å². The van der Waals surface area contributed by atoms with Crippen molar-refractivity contribution in [3.63, 3.8) is 0 Å². The van der Waals surface area contributed by atoms with Gasteiger partial charge in [0, 0.05) is 25.3 Å². The third-order valence-electron chi connectivity index (χ3n) is 4.61. The van der Waals surface area contributed by atoms with Gasteiger partial charge in [-0.1, -0.05) is 43.9 Å². The molecule has 0 aromatic heterocycles. The van der Waals surface area contributed by atoms with Crippen molar-refractivity contribution in [2.45, 2.75) is 50.7 Å². The minimum absolute atomic E-state index is 0.105. The first kappa shape index (κ1) is 19.2. The summed E-state index contributed by atoms with van der Waals surface area (Å²) >= 11 is 0. The summed E-state index contributed by atoms with van der Waals surface area (Å²) in [4.78, 5) is 24.2. The van der Waals surface area contributed by atoms with E-state index in [1.54, 1.807) is 14.2 Å². The van der Waals surface area contributed by atoms with Crippen LogP contribution in [0.3, 0.4) is 0 Å². The van der Waals surface area contributed by atoms with Crippen molar-refractivity contribution in [1.82, 2.24) is 10.6 Å². The first-order chi connectivity index (χ1) is 12.2. The van der Waals surface area contributed by atoms with E-state index in [1.807, 2.05) is 24.3 Å². The van der Waals surface area contributed by atoms with E-state index < -0.39 is 11.8 Å². The predicted octanol–water partition coefficient (Wildman–Crippen LogP) is 2.34. The first-order valence-corrected chi connectivity index (χ1v) is 8.90. The molecule has 0 aliphatic heterocycles. The fourth-order valence-corrected chi connectivity index (χ4v) is 3.19. The van der Waals surface area contributed by atoms with Gasteiger partial charge in [0.1, 0.15) is 11.9 Å². The number of ether oxygens (including phenoxy) is 2. The molecule has 6 heteroatoms. The summed E-state index contributed by atoms with van der Waals surface area (Å²) < 4.78 is 10.8. The second-order valence-electron chi connectivity index (χ2n) is 6.34. The first-order valence-electron chi connectivity index (χ1n) is 8.90. The highest BCUT2D eigenvalue weighted by atomic mass is 16.5. The zero-order valence-corrected chi connectivity index (χ0v) is 15.0. The van der Waals surface area contributed by atoms with Gasteiger partial charge < -0.3 is 20.1 Å². The van der Waals surface area contributed by atoms with Crippen molar-refractivity contribution >= 4 is 11.8 Å². The van der Waals surface area contributed by atoms with E-state index in [4.69, 9.17) is 9.47 Å². The highest BCUT2D eigenvalue weighted by Gasteiger charge is 2.22. The number of carbonyl (C=O) groups excluding carboxylic acids is 2. The predicted molar refractivity (Wildman–Crippen MR) is 95.4 cm³/mol. The van der Waals surface area contributed by atoms with Crippen molar-refractivity contribution in [3.8, 4) is 5.75 Å². The summed E-state index contributed by atoms with van der Waals surface area (Å²) in [5.74, 6) is -0.505. The highest BCUT2D eigenvalue weighted by Crippen LogP contribution is 2.26. The Balaban J connectivity index is 1.87. The maximum atomic E-state index is 12.1. The lowest BCUT2D eigenvalue weighted by molar-refractivity contribution is -0.140. The number of para-hydroxylation sites is 1. The number of benzene rings is 1. The molecular formula is C19H28N2O4. The van der Waals surface area contributed by atoms with E-state index in [0.29, 0.717) is 5.75 Å². The number of carbonyl (C=O) groups is 2. The molecule has 1 aromatic carbocycles. The van der Waals surface area contributed by atoms with Crippen LogP contribution in [0.2, 0.25) is 0 Å². The van der Waals surface area contributed by atoms with Crippen LogP contribution in [0.25, 0.3) is 0 Å². The molecule has 0 radical (unpaired) electrons. The normalized spacial score (nSPS) is 16.6. The molecule has 1 aromatic rings. The molecule has 2 N–H and O–H groups in total. The molecule has 0 heterocycles. The summed E-state index contributed by atoms with van der Waals surface area (Å²) in [5, 5.41) is 5.50. The smallest absolute Gasteiger partial charge is 0.309 e. The van der Waals surface area contributed by atoms with Gasteiger partial charge >= 0.3 is 11.8 Å². The molecule has 1 aliphatic carbocycles.